The predicted octanol–water partition coefficient (Wildman–Crippen LogP) is 2.06. The van der Waals surface area contributed by atoms with E-state index in [4.69, 9.17) is 4.74 Å². The molecular weight excluding hydrogens is 326 g/mol. The van der Waals surface area contributed by atoms with Gasteiger partial charge in [0.2, 0.25) is 0 Å². The highest BCUT2D eigenvalue weighted by atomic mass is 79.9. The van der Waals surface area contributed by atoms with E-state index in [1.807, 2.05) is 0 Å². The van der Waals surface area contributed by atoms with Crippen LogP contribution in [0.4, 0.5) is 0 Å². The third-order valence-electron chi connectivity index (χ3n) is 3.34. The van der Waals surface area contributed by atoms with Gasteiger partial charge in [0.05, 0.1) is 12.2 Å². The van der Waals surface area contributed by atoms with Crippen molar-refractivity contribution in [1.29, 1.82) is 0 Å². The molecule has 0 radical (unpaired) electrons. The number of hydrogen-bond donors (Lipinski definition) is 2. The first-order valence-corrected chi connectivity index (χ1v) is 7.25. The van der Waals surface area contributed by atoms with Crippen molar-refractivity contribution in [3.8, 4) is 0 Å². The van der Waals surface area contributed by atoms with E-state index in [1.54, 1.807) is 24.3 Å². The Labute approximate surface area is 125 Å². The van der Waals surface area contributed by atoms with Crippen molar-refractivity contribution in [3.05, 3.63) is 34.3 Å². The number of carboxylic acids is 1. The lowest BCUT2D eigenvalue weighted by atomic mass is 9.93. The summed E-state index contributed by atoms with van der Waals surface area (Å²) in [6.07, 6.45) is 1.56. The van der Waals surface area contributed by atoms with Crippen LogP contribution in [-0.2, 0) is 9.53 Å². The molecule has 5 nitrogen and oxygen atoms in total. The molecule has 1 aliphatic heterocycles. The second-order valence-electron chi connectivity index (χ2n) is 4.75. The number of halogens is 1. The highest BCUT2D eigenvalue weighted by molar-refractivity contribution is 9.10. The van der Waals surface area contributed by atoms with Crippen LogP contribution in [0.25, 0.3) is 0 Å². The molecule has 1 aromatic rings. The first kappa shape index (κ1) is 15.0. The van der Waals surface area contributed by atoms with E-state index in [2.05, 4.69) is 21.2 Å². The lowest BCUT2D eigenvalue weighted by Gasteiger charge is -2.28. The summed E-state index contributed by atoms with van der Waals surface area (Å²) >= 11 is 3.29. The largest absolute Gasteiger partial charge is 0.480 e. The molecule has 2 unspecified atom stereocenters. The molecule has 2 atom stereocenters. The summed E-state index contributed by atoms with van der Waals surface area (Å²) in [5.41, 5.74) is 0.426. The van der Waals surface area contributed by atoms with Crippen LogP contribution in [0.15, 0.2) is 28.7 Å². The maximum atomic E-state index is 12.2. The molecule has 108 valence electrons. The Morgan fingerprint density at radius 3 is 2.75 bits per heavy atom. The summed E-state index contributed by atoms with van der Waals surface area (Å²) in [6, 6.07) is 6.00. The van der Waals surface area contributed by atoms with Crippen LogP contribution in [0.5, 0.6) is 0 Å². The molecule has 1 amide bonds. The number of ether oxygens (including phenoxy) is 1. The molecular formula is C14H16BrNO4. The van der Waals surface area contributed by atoms with Gasteiger partial charge in [-0.3, -0.25) is 4.79 Å². The highest BCUT2D eigenvalue weighted by Crippen LogP contribution is 2.20. The van der Waals surface area contributed by atoms with Gasteiger partial charge in [0.25, 0.3) is 5.91 Å². The molecule has 2 rings (SSSR count). The van der Waals surface area contributed by atoms with Gasteiger partial charge in [-0.2, -0.15) is 0 Å². The monoisotopic (exact) mass is 341 g/mol. The number of amides is 1. The Bertz CT molecular complexity index is 500. The number of benzene rings is 1. The van der Waals surface area contributed by atoms with Crippen LogP contribution in [0.1, 0.15) is 23.2 Å². The zero-order chi connectivity index (χ0) is 14.5. The number of rotatable bonds is 4. The molecule has 0 saturated carbocycles. The van der Waals surface area contributed by atoms with Crippen molar-refractivity contribution in [1.82, 2.24) is 5.32 Å². The zero-order valence-electron chi connectivity index (χ0n) is 10.8. The molecule has 1 aliphatic rings. The van der Waals surface area contributed by atoms with Gasteiger partial charge < -0.3 is 15.2 Å². The highest BCUT2D eigenvalue weighted by Gasteiger charge is 2.31. The van der Waals surface area contributed by atoms with E-state index in [0.29, 0.717) is 23.2 Å². The standard InChI is InChI=1S/C14H16BrNO4/c15-11-6-2-1-5-10(11)13(17)16-12(14(18)19)9-4-3-7-20-8-9/h1-2,5-6,9,12H,3-4,7-8H2,(H,16,17)(H,18,19). The fraction of sp³-hybridized carbons (Fsp3) is 0.429. The fourth-order valence-corrected chi connectivity index (χ4v) is 2.74. The number of carboxylic acid groups (broad SMARTS) is 1. The molecule has 0 aliphatic carbocycles. The lowest BCUT2D eigenvalue weighted by Crippen LogP contribution is -2.48. The first-order valence-electron chi connectivity index (χ1n) is 6.45. The normalized spacial score (nSPS) is 20.1. The topological polar surface area (TPSA) is 75.6 Å². The van der Waals surface area contributed by atoms with Gasteiger partial charge in [0, 0.05) is 17.0 Å². The van der Waals surface area contributed by atoms with E-state index in [1.165, 1.54) is 0 Å². The van der Waals surface area contributed by atoms with Crippen LogP contribution >= 0.6 is 15.9 Å². The summed E-state index contributed by atoms with van der Waals surface area (Å²) in [5.74, 6) is -1.61. The Morgan fingerprint density at radius 2 is 2.15 bits per heavy atom. The number of aliphatic carboxylic acids is 1. The van der Waals surface area contributed by atoms with Crippen molar-refractivity contribution < 1.29 is 19.4 Å². The zero-order valence-corrected chi connectivity index (χ0v) is 12.4. The molecule has 0 spiro atoms. The van der Waals surface area contributed by atoms with Gasteiger partial charge in [-0.15, -0.1) is 0 Å². The van der Waals surface area contributed by atoms with E-state index in [0.717, 1.165) is 12.8 Å². The third kappa shape index (κ3) is 3.58. The molecule has 6 heteroatoms. The molecule has 1 aromatic carbocycles. The van der Waals surface area contributed by atoms with Gasteiger partial charge >= 0.3 is 5.97 Å². The van der Waals surface area contributed by atoms with Crippen LogP contribution in [0.2, 0.25) is 0 Å². The van der Waals surface area contributed by atoms with Crippen molar-refractivity contribution in [3.63, 3.8) is 0 Å². The lowest BCUT2D eigenvalue weighted by molar-refractivity contribution is -0.142. The molecule has 2 N–H and O–H groups in total. The second-order valence-corrected chi connectivity index (χ2v) is 5.60. The molecule has 0 aromatic heterocycles. The molecule has 0 bridgehead atoms. The van der Waals surface area contributed by atoms with E-state index in [9.17, 15) is 14.7 Å². The molecule has 1 fully saturated rings. The summed E-state index contributed by atoms with van der Waals surface area (Å²) in [6.45, 7) is 1.02. The smallest absolute Gasteiger partial charge is 0.326 e. The summed E-state index contributed by atoms with van der Waals surface area (Å²) in [4.78, 5) is 23.5. The van der Waals surface area contributed by atoms with Crippen molar-refractivity contribution in [2.45, 2.75) is 18.9 Å². The van der Waals surface area contributed by atoms with E-state index in [-0.39, 0.29) is 5.92 Å². The Balaban J connectivity index is 2.10. The van der Waals surface area contributed by atoms with Crippen molar-refractivity contribution >= 4 is 27.8 Å². The fourth-order valence-electron chi connectivity index (χ4n) is 2.27. The minimum absolute atomic E-state index is 0.187. The Morgan fingerprint density at radius 1 is 1.40 bits per heavy atom. The Kier molecular flexibility index (Phi) is 5.14. The number of carbonyl (C=O) groups is 2. The summed E-state index contributed by atoms with van der Waals surface area (Å²) < 4.78 is 5.94. The number of nitrogens with one attached hydrogen (secondary N) is 1. The summed E-state index contributed by atoms with van der Waals surface area (Å²) in [7, 11) is 0. The second kappa shape index (κ2) is 6.85. The minimum Gasteiger partial charge on any atom is -0.480 e. The Hall–Kier alpha value is -1.40. The molecule has 1 saturated heterocycles. The van der Waals surface area contributed by atoms with Crippen molar-refractivity contribution in [2.75, 3.05) is 13.2 Å². The first-order chi connectivity index (χ1) is 9.59. The average molecular weight is 342 g/mol. The van der Waals surface area contributed by atoms with Crippen LogP contribution in [-0.4, -0.2) is 36.2 Å². The van der Waals surface area contributed by atoms with Crippen LogP contribution in [0, 0.1) is 5.92 Å². The van der Waals surface area contributed by atoms with Gasteiger partial charge in [0.1, 0.15) is 6.04 Å². The van der Waals surface area contributed by atoms with Gasteiger partial charge in [-0.1, -0.05) is 12.1 Å². The van der Waals surface area contributed by atoms with Crippen LogP contribution < -0.4 is 5.32 Å². The number of carbonyl (C=O) groups excluding carboxylic acids is 1. The average Bonchev–Trinajstić information content (AvgIpc) is 2.45. The van der Waals surface area contributed by atoms with Crippen molar-refractivity contribution in [2.24, 2.45) is 5.92 Å². The van der Waals surface area contributed by atoms with Gasteiger partial charge in [0.15, 0.2) is 0 Å². The maximum Gasteiger partial charge on any atom is 0.326 e. The predicted molar refractivity (Wildman–Crippen MR) is 76.6 cm³/mol. The quantitative estimate of drug-likeness (QED) is 0.878. The molecule has 1 heterocycles. The molecule has 20 heavy (non-hydrogen) atoms. The maximum absolute atomic E-state index is 12.2. The SMILES string of the molecule is O=C(NC(C(=O)O)C1CCCOC1)c1ccccc1Br. The van der Waals surface area contributed by atoms with Gasteiger partial charge in [-0.25, -0.2) is 4.79 Å². The summed E-state index contributed by atoms with van der Waals surface area (Å²) in [5, 5.41) is 11.9. The van der Waals surface area contributed by atoms with Crippen LogP contribution in [0.3, 0.4) is 0 Å². The van der Waals surface area contributed by atoms with Gasteiger partial charge in [-0.05, 0) is 40.9 Å². The number of hydrogen-bond acceptors (Lipinski definition) is 3. The van der Waals surface area contributed by atoms with E-state index < -0.39 is 17.9 Å². The minimum atomic E-state index is -1.03. The third-order valence-corrected chi connectivity index (χ3v) is 4.03. The van der Waals surface area contributed by atoms with E-state index >= 15 is 0 Å².